The van der Waals surface area contributed by atoms with Gasteiger partial charge in [0, 0.05) is 5.56 Å². The van der Waals surface area contributed by atoms with E-state index in [1.54, 1.807) is 4.40 Å². The summed E-state index contributed by atoms with van der Waals surface area (Å²) in [5.74, 6) is 0.799. The molecule has 1 atom stereocenters. The highest BCUT2D eigenvalue weighted by Gasteiger charge is 2.13. The van der Waals surface area contributed by atoms with Gasteiger partial charge in [0.25, 0.3) is 5.56 Å². The molecular formula is C24H20N2O2S. The molecule has 0 aliphatic rings. The molecule has 144 valence electrons. The lowest BCUT2D eigenvalue weighted by Gasteiger charge is -2.16. The minimum atomic E-state index is -0.0406. The average Bonchev–Trinajstić information content (AvgIpc) is 3.25. The second-order valence-electron chi connectivity index (χ2n) is 7.17. The predicted octanol–water partition coefficient (Wildman–Crippen LogP) is 4.79. The number of thiazole rings is 1. The van der Waals surface area contributed by atoms with Gasteiger partial charge >= 0.3 is 0 Å². The SMILES string of the molecule is CC[C@@H](C)Oc1ccc2ccccc2c1/C=c1\sc2nc3ccccc3n2c1=O. The third kappa shape index (κ3) is 2.98. The monoisotopic (exact) mass is 400 g/mol. The van der Waals surface area contributed by atoms with Crippen LogP contribution >= 0.6 is 11.3 Å². The zero-order chi connectivity index (χ0) is 20.0. The summed E-state index contributed by atoms with van der Waals surface area (Å²) >= 11 is 1.41. The summed E-state index contributed by atoms with van der Waals surface area (Å²) in [4.78, 5) is 18.5. The van der Waals surface area contributed by atoms with Crippen LogP contribution in [0.25, 0.3) is 32.8 Å². The maximum Gasteiger partial charge on any atom is 0.274 e. The standard InChI is InChI=1S/C24H20N2O2S/c1-3-15(2)28-21-13-12-16-8-4-5-9-17(16)18(21)14-22-23(27)26-20-11-7-6-10-19(20)25-24(26)29-22/h4-15H,3H2,1-2H3/b22-14-/t15-/m1/s1. The number of rotatable bonds is 4. The Morgan fingerprint density at radius 1 is 1.10 bits per heavy atom. The van der Waals surface area contributed by atoms with E-state index in [1.807, 2.05) is 48.5 Å². The number of hydrogen-bond acceptors (Lipinski definition) is 4. The molecule has 3 aromatic carbocycles. The first-order valence-corrected chi connectivity index (χ1v) is 10.6. The molecule has 0 amide bonds. The molecule has 29 heavy (non-hydrogen) atoms. The lowest BCUT2D eigenvalue weighted by Crippen LogP contribution is -2.23. The van der Waals surface area contributed by atoms with Crippen molar-refractivity contribution in [3.05, 3.63) is 81.1 Å². The number of aromatic nitrogens is 2. The highest BCUT2D eigenvalue weighted by atomic mass is 32.1. The van der Waals surface area contributed by atoms with Crippen molar-refractivity contribution in [2.24, 2.45) is 0 Å². The fraction of sp³-hybridized carbons (Fsp3) is 0.167. The molecule has 5 aromatic rings. The molecule has 2 aromatic heterocycles. The number of fused-ring (bicyclic) bond motifs is 4. The van der Waals surface area contributed by atoms with E-state index in [0.29, 0.717) is 9.49 Å². The molecule has 0 fully saturated rings. The van der Waals surface area contributed by atoms with Gasteiger partial charge in [-0.2, -0.15) is 0 Å². The van der Waals surface area contributed by atoms with E-state index in [2.05, 4.69) is 37.0 Å². The van der Waals surface area contributed by atoms with E-state index in [-0.39, 0.29) is 11.7 Å². The second kappa shape index (κ2) is 7.01. The van der Waals surface area contributed by atoms with Crippen LogP contribution in [0.4, 0.5) is 0 Å². The highest BCUT2D eigenvalue weighted by Crippen LogP contribution is 2.30. The van der Waals surface area contributed by atoms with E-state index in [4.69, 9.17) is 4.74 Å². The minimum absolute atomic E-state index is 0.0406. The number of hydrogen-bond donors (Lipinski definition) is 0. The Kier molecular flexibility index (Phi) is 4.32. The maximum atomic E-state index is 13.2. The van der Waals surface area contributed by atoms with Crippen molar-refractivity contribution in [1.29, 1.82) is 0 Å². The molecule has 0 spiro atoms. The molecule has 0 radical (unpaired) electrons. The summed E-state index contributed by atoms with van der Waals surface area (Å²) < 4.78 is 8.55. The van der Waals surface area contributed by atoms with Crippen LogP contribution < -0.4 is 14.8 Å². The van der Waals surface area contributed by atoms with Crippen molar-refractivity contribution < 1.29 is 4.74 Å². The molecule has 0 N–H and O–H groups in total. The molecule has 0 saturated carbocycles. The number of nitrogens with zero attached hydrogens (tertiary/aromatic N) is 2. The molecule has 0 bridgehead atoms. The molecular weight excluding hydrogens is 380 g/mol. The van der Waals surface area contributed by atoms with Gasteiger partial charge in [-0.15, -0.1) is 0 Å². The fourth-order valence-corrected chi connectivity index (χ4v) is 4.54. The molecule has 0 aliphatic heterocycles. The predicted molar refractivity (Wildman–Crippen MR) is 120 cm³/mol. The number of ether oxygens (including phenoxy) is 1. The van der Waals surface area contributed by atoms with Gasteiger partial charge in [0.15, 0.2) is 4.96 Å². The molecule has 0 aliphatic carbocycles. The van der Waals surface area contributed by atoms with Crippen molar-refractivity contribution >= 4 is 44.2 Å². The average molecular weight is 401 g/mol. The van der Waals surface area contributed by atoms with E-state index < -0.39 is 0 Å². The third-order valence-electron chi connectivity index (χ3n) is 5.25. The zero-order valence-corrected chi connectivity index (χ0v) is 17.1. The van der Waals surface area contributed by atoms with Crippen molar-refractivity contribution in [2.45, 2.75) is 26.4 Å². The normalized spacial score (nSPS) is 13.5. The van der Waals surface area contributed by atoms with Crippen molar-refractivity contribution in [2.75, 3.05) is 0 Å². The van der Waals surface area contributed by atoms with Gasteiger partial charge in [-0.1, -0.05) is 60.7 Å². The van der Waals surface area contributed by atoms with E-state index in [0.717, 1.165) is 39.5 Å². The van der Waals surface area contributed by atoms with Crippen LogP contribution in [0.1, 0.15) is 25.8 Å². The molecule has 2 heterocycles. The Morgan fingerprint density at radius 3 is 2.76 bits per heavy atom. The Morgan fingerprint density at radius 2 is 1.90 bits per heavy atom. The lowest BCUT2D eigenvalue weighted by molar-refractivity contribution is 0.217. The summed E-state index contributed by atoms with van der Waals surface area (Å²) in [5.41, 5.74) is 2.58. The van der Waals surface area contributed by atoms with Crippen LogP contribution in [0.15, 0.2) is 65.5 Å². The number of imidazole rings is 1. The summed E-state index contributed by atoms with van der Waals surface area (Å²) in [5, 5.41) is 2.19. The second-order valence-corrected chi connectivity index (χ2v) is 8.18. The van der Waals surface area contributed by atoms with Gasteiger partial charge in [-0.3, -0.25) is 4.79 Å². The molecule has 5 rings (SSSR count). The quantitative estimate of drug-likeness (QED) is 0.436. The number of benzene rings is 3. The molecule has 0 unspecified atom stereocenters. The smallest absolute Gasteiger partial charge is 0.274 e. The van der Waals surface area contributed by atoms with Crippen LogP contribution in [0.5, 0.6) is 5.75 Å². The van der Waals surface area contributed by atoms with Gasteiger partial charge in [0.2, 0.25) is 0 Å². The Hall–Kier alpha value is -3.18. The minimum Gasteiger partial charge on any atom is -0.490 e. The summed E-state index contributed by atoms with van der Waals surface area (Å²) in [6.07, 6.45) is 2.97. The van der Waals surface area contributed by atoms with Crippen LogP contribution in [-0.4, -0.2) is 15.5 Å². The van der Waals surface area contributed by atoms with Crippen molar-refractivity contribution in [1.82, 2.24) is 9.38 Å². The lowest BCUT2D eigenvalue weighted by atomic mass is 10.0. The third-order valence-corrected chi connectivity index (χ3v) is 6.22. The Balaban J connectivity index is 1.79. The fourth-order valence-electron chi connectivity index (χ4n) is 3.57. The first-order valence-electron chi connectivity index (χ1n) is 9.76. The van der Waals surface area contributed by atoms with Gasteiger partial charge in [0.05, 0.1) is 21.7 Å². The summed E-state index contributed by atoms with van der Waals surface area (Å²) in [6.45, 7) is 4.16. The first-order chi connectivity index (χ1) is 14.2. The van der Waals surface area contributed by atoms with Gasteiger partial charge < -0.3 is 4.74 Å². The Bertz CT molecular complexity index is 1470. The van der Waals surface area contributed by atoms with E-state index in [1.165, 1.54) is 11.3 Å². The summed E-state index contributed by atoms with van der Waals surface area (Å²) in [7, 11) is 0. The van der Waals surface area contributed by atoms with Gasteiger partial charge in [-0.05, 0) is 48.4 Å². The van der Waals surface area contributed by atoms with Gasteiger partial charge in [0.1, 0.15) is 5.75 Å². The molecule has 5 heteroatoms. The Labute approximate surface area is 171 Å². The van der Waals surface area contributed by atoms with Gasteiger partial charge in [-0.25, -0.2) is 9.38 Å². The first kappa shape index (κ1) is 17.9. The number of para-hydroxylation sites is 2. The van der Waals surface area contributed by atoms with Crippen LogP contribution in [-0.2, 0) is 0 Å². The van der Waals surface area contributed by atoms with Crippen LogP contribution in [0.3, 0.4) is 0 Å². The topological polar surface area (TPSA) is 43.6 Å². The highest BCUT2D eigenvalue weighted by molar-refractivity contribution is 7.15. The maximum absolute atomic E-state index is 13.2. The van der Waals surface area contributed by atoms with Crippen molar-refractivity contribution in [3.63, 3.8) is 0 Å². The molecule has 4 nitrogen and oxygen atoms in total. The van der Waals surface area contributed by atoms with Crippen LogP contribution in [0.2, 0.25) is 0 Å². The van der Waals surface area contributed by atoms with E-state index >= 15 is 0 Å². The summed E-state index contributed by atoms with van der Waals surface area (Å²) in [6, 6.07) is 20.0. The van der Waals surface area contributed by atoms with Crippen LogP contribution in [0, 0.1) is 0 Å². The van der Waals surface area contributed by atoms with Crippen molar-refractivity contribution in [3.8, 4) is 5.75 Å². The zero-order valence-electron chi connectivity index (χ0n) is 16.3. The van der Waals surface area contributed by atoms with E-state index in [9.17, 15) is 4.79 Å². The molecule has 0 saturated heterocycles. The largest absolute Gasteiger partial charge is 0.490 e.